The van der Waals surface area contributed by atoms with Crippen LogP contribution in [-0.2, 0) is 0 Å². The third-order valence-corrected chi connectivity index (χ3v) is 3.07. The summed E-state index contributed by atoms with van der Waals surface area (Å²) in [6, 6.07) is 5.00. The molecule has 0 saturated carbocycles. The van der Waals surface area contributed by atoms with Gasteiger partial charge in [0.2, 0.25) is 0 Å². The Morgan fingerprint density at radius 2 is 2.05 bits per heavy atom. The average molecular weight is 275 g/mol. The van der Waals surface area contributed by atoms with E-state index in [0.717, 1.165) is 16.8 Å². The van der Waals surface area contributed by atoms with E-state index in [1.54, 1.807) is 31.0 Å². The second kappa shape index (κ2) is 5.75. The van der Waals surface area contributed by atoms with Crippen molar-refractivity contribution in [2.75, 3.05) is 0 Å². The van der Waals surface area contributed by atoms with Crippen molar-refractivity contribution in [2.45, 2.75) is 6.92 Å². The van der Waals surface area contributed by atoms with Crippen LogP contribution in [0.2, 0.25) is 0 Å². The zero-order valence-electron chi connectivity index (χ0n) is 11.2. The quantitative estimate of drug-likeness (QED) is 0.511. The van der Waals surface area contributed by atoms with E-state index in [4.69, 9.17) is 0 Å². The van der Waals surface area contributed by atoms with Crippen molar-refractivity contribution < 1.29 is 39.5 Å². The van der Waals surface area contributed by atoms with Crippen molar-refractivity contribution in [1.29, 1.82) is 0 Å². The first-order valence-electron chi connectivity index (χ1n) is 5.75. The van der Waals surface area contributed by atoms with Crippen LogP contribution < -0.4 is 34.7 Å². The largest absolute Gasteiger partial charge is 1.00 e. The number of imidazole rings is 1. The zero-order chi connectivity index (χ0) is 13.4. The van der Waals surface area contributed by atoms with Gasteiger partial charge in [0.05, 0.1) is 29.7 Å². The molecular weight excluding hydrogens is 265 g/mol. The SMILES string of the molecule is Cc1ccncc1-c1cc(C(=O)[O-])cc2cncn12.[Na+]. The first kappa shape index (κ1) is 14.7. The number of aryl methyl sites for hydroxylation is 1. The van der Waals surface area contributed by atoms with Gasteiger partial charge >= 0.3 is 29.6 Å². The molecule has 0 aliphatic carbocycles. The normalized spacial score (nSPS) is 10.2. The van der Waals surface area contributed by atoms with Crippen LogP contribution in [0.1, 0.15) is 15.9 Å². The molecule has 0 aromatic carbocycles. The Morgan fingerprint density at radius 3 is 2.75 bits per heavy atom. The van der Waals surface area contributed by atoms with Gasteiger partial charge in [-0.2, -0.15) is 0 Å². The molecule has 0 bridgehead atoms. The summed E-state index contributed by atoms with van der Waals surface area (Å²) in [6.45, 7) is 1.95. The van der Waals surface area contributed by atoms with E-state index in [2.05, 4.69) is 9.97 Å². The fourth-order valence-corrected chi connectivity index (χ4v) is 2.09. The topological polar surface area (TPSA) is 70.3 Å². The number of aromatic nitrogens is 3. The van der Waals surface area contributed by atoms with Gasteiger partial charge in [-0.15, -0.1) is 0 Å². The molecule has 3 aromatic heterocycles. The van der Waals surface area contributed by atoms with Crippen molar-refractivity contribution in [3.8, 4) is 11.3 Å². The molecule has 94 valence electrons. The number of rotatable bonds is 2. The Hall–Kier alpha value is -1.69. The van der Waals surface area contributed by atoms with Gasteiger partial charge in [-0.1, -0.05) is 0 Å². The smallest absolute Gasteiger partial charge is 0.545 e. The van der Waals surface area contributed by atoms with Crippen LogP contribution in [0.4, 0.5) is 0 Å². The fraction of sp³-hybridized carbons (Fsp3) is 0.0714. The molecule has 0 radical (unpaired) electrons. The summed E-state index contributed by atoms with van der Waals surface area (Å²) in [6.07, 6.45) is 6.67. The Morgan fingerprint density at radius 1 is 1.25 bits per heavy atom. The zero-order valence-corrected chi connectivity index (χ0v) is 13.2. The molecule has 3 heterocycles. The number of hydrogen-bond acceptors (Lipinski definition) is 4. The minimum atomic E-state index is -1.20. The van der Waals surface area contributed by atoms with Crippen molar-refractivity contribution in [3.05, 3.63) is 54.2 Å². The van der Waals surface area contributed by atoms with E-state index < -0.39 is 5.97 Å². The van der Waals surface area contributed by atoms with Gasteiger partial charge < -0.3 is 9.90 Å². The Labute approximate surface area is 137 Å². The van der Waals surface area contributed by atoms with Gasteiger partial charge in [0, 0.05) is 23.5 Å². The number of aromatic carboxylic acids is 1. The van der Waals surface area contributed by atoms with E-state index in [1.165, 1.54) is 6.07 Å². The monoisotopic (exact) mass is 275 g/mol. The predicted molar refractivity (Wildman–Crippen MR) is 67.5 cm³/mol. The van der Waals surface area contributed by atoms with E-state index in [1.807, 2.05) is 17.4 Å². The van der Waals surface area contributed by atoms with Gasteiger partial charge in [0.1, 0.15) is 0 Å². The Kier molecular flexibility index (Phi) is 4.23. The molecule has 3 aromatic rings. The van der Waals surface area contributed by atoms with Crippen LogP contribution >= 0.6 is 0 Å². The molecule has 0 fully saturated rings. The first-order valence-corrected chi connectivity index (χ1v) is 5.75. The number of hydrogen-bond donors (Lipinski definition) is 0. The van der Waals surface area contributed by atoms with E-state index in [9.17, 15) is 9.90 Å². The van der Waals surface area contributed by atoms with Crippen LogP contribution in [0, 0.1) is 6.92 Å². The van der Waals surface area contributed by atoms with E-state index >= 15 is 0 Å². The van der Waals surface area contributed by atoms with Crippen molar-refractivity contribution >= 4 is 11.5 Å². The maximum atomic E-state index is 11.1. The third kappa shape index (κ3) is 2.47. The summed E-state index contributed by atoms with van der Waals surface area (Å²) in [4.78, 5) is 19.2. The first-order chi connectivity index (χ1) is 9.16. The van der Waals surface area contributed by atoms with Gasteiger partial charge in [0.15, 0.2) is 0 Å². The fourth-order valence-electron chi connectivity index (χ4n) is 2.09. The number of pyridine rings is 2. The van der Waals surface area contributed by atoms with Crippen molar-refractivity contribution in [3.63, 3.8) is 0 Å². The molecule has 6 heteroatoms. The summed E-state index contributed by atoms with van der Waals surface area (Å²) < 4.78 is 1.83. The van der Waals surface area contributed by atoms with Gasteiger partial charge in [-0.05, 0) is 30.7 Å². The number of carboxylic acid groups (broad SMARTS) is 1. The Bertz CT molecular complexity index is 783. The van der Waals surface area contributed by atoms with Crippen LogP contribution in [-0.4, -0.2) is 20.3 Å². The Balaban J connectivity index is 0.00000147. The van der Waals surface area contributed by atoms with Crippen LogP contribution in [0.25, 0.3) is 16.8 Å². The molecule has 0 aliphatic rings. The molecule has 0 aliphatic heterocycles. The molecular formula is C14H10N3NaO2. The molecule has 0 spiro atoms. The number of carbonyl (C=O) groups excluding carboxylic acids is 1. The van der Waals surface area contributed by atoms with E-state index in [0.29, 0.717) is 5.52 Å². The van der Waals surface area contributed by atoms with Gasteiger partial charge in [-0.25, -0.2) is 4.98 Å². The molecule has 0 N–H and O–H groups in total. The van der Waals surface area contributed by atoms with E-state index in [-0.39, 0.29) is 35.1 Å². The average Bonchev–Trinajstić information content (AvgIpc) is 2.86. The maximum Gasteiger partial charge on any atom is 1.00 e. The molecule has 3 rings (SSSR count). The van der Waals surface area contributed by atoms with Gasteiger partial charge in [-0.3, -0.25) is 9.38 Å². The van der Waals surface area contributed by atoms with Crippen molar-refractivity contribution in [1.82, 2.24) is 14.4 Å². The summed E-state index contributed by atoms with van der Waals surface area (Å²) in [7, 11) is 0. The second-order valence-corrected chi connectivity index (χ2v) is 4.30. The number of carboxylic acids is 1. The van der Waals surface area contributed by atoms with Crippen LogP contribution in [0.15, 0.2) is 43.1 Å². The number of nitrogens with zero attached hydrogens (tertiary/aromatic N) is 3. The standard InChI is InChI=1S/C14H11N3O2.Na/c1-9-2-3-15-7-12(9)13-5-10(14(18)19)4-11-6-16-8-17(11)13;/h2-8H,1H3,(H,18,19);/q;+1/p-1. The van der Waals surface area contributed by atoms with Gasteiger partial charge in [0.25, 0.3) is 0 Å². The third-order valence-electron chi connectivity index (χ3n) is 3.07. The maximum absolute atomic E-state index is 11.1. The second-order valence-electron chi connectivity index (χ2n) is 4.30. The molecule has 0 atom stereocenters. The predicted octanol–water partition coefficient (Wildman–Crippen LogP) is -1.93. The van der Waals surface area contributed by atoms with Crippen LogP contribution in [0.3, 0.4) is 0 Å². The number of carbonyl (C=O) groups is 1. The minimum absolute atomic E-state index is 0. The summed E-state index contributed by atoms with van der Waals surface area (Å²) in [5.74, 6) is -1.20. The minimum Gasteiger partial charge on any atom is -0.545 e. The number of fused-ring (bicyclic) bond motifs is 1. The molecule has 20 heavy (non-hydrogen) atoms. The molecule has 0 amide bonds. The summed E-state index contributed by atoms with van der Waals surface area (Å²) in [5.41, 5.74) is 3.46. The molecule has 0 saturated heterocycles. The van der Waals surface area contributed by atoms with Crippen LogP contribution in [0.5, 0.6) is 0 Å². The molecule has 0 unspecified atom stereocenters. The van der Waals surface area contributed by atoms with Crippen molar-refractivity contribution in [2.24, 2.45) is 0 Å². The summed E-state index contributed by atoms with van der Waals surface area (Å²) in [5, 5.41) is 11.1. The summed E-state index contributed by atoms with van der Waals surface area (Å²) >= 11 is 0. The molecule has 5 nitrogen and oxygen atoms in total.